The monoisotopic (exact) mass is 1090 g/mol. The van der Waals surface area contributed by atoms with E-state index in [2.05, 4.69) is 90.6 Å². The molecular weight excluding hydrogens is 1050 g/mol. The fourth-order valence-corrected chi connectivity index (χ4v) is 9.08. The average Bonchev–Trinajstić information content (AvgIpc) is 4.11. The Labute approximate surface area is 414 Å². The Hall–Kier alpha value is -6.08. The van der Waals surface area contributed by atoms with E-state index in [0.717, 1.165) is 76.0 Å². The number of fused-ring (bicyclic) bond motifs is 5. The van der Waals surface area contributed by atoms with Gasteiger partial charge in [0.15, 0.2) is 5.82 Å². The van der Waals surface area contributed by atoms with Gasteiger partial charge in [0.25, 0.3) is 0 Å². The SMILES string of the molecule is C.C.C.Clc1nc(Nc2ccc3c(c2)C=NC3)c2sccc2n1.Clc1nccc(Nc2ccc3c(c2)C=NC3)n1.O=C(O)c1cc2ccc(Br)cc2o1.O=C(O)c1cc2ccc(Br)cc2s1. The topological polar surface area (TPSA) is 188 Å². The van der Waals surface area contributed by atoms with E-state index >= 15 is 0 Å². The molecule has 13 nitrogen and oxygen atoms in total. The standard InChI is InChI=1S/C14H9ClN4S.C12H9ClN4.C9H5BrO3.C9H5BrO2S.3CH4/c15-14-18-11-3-4-20-12(11)13(19-14)17-10-2-1-8-6-16-7-9(8)5-10;13-12-15-4-3-11(17-12)16-10-2-1-8-6-14-7-9(8)5-10;2*10-6-2-1-5-3-8(9(11)12)13-7(5)4-6;;;/h1-5,7H,6H2,(H,17,18,19);1-5,7H,6H2,(H,15,16,17);2*1-4H,(H,11,12);3*1H4. The molecule has 0 aliphatic carbocycles. The molecule has 338 valence electrons. The lowest BCUT2D eigenvalue weighted by molar-refractivity contribution is 0.0662. The van der Waals surface area contributed by atoms with Crippen LogP contribution in [-0.2, 0) is 13.1 Å². The maximum Gasteiger partial charge on any atom is 0.371 e. The first-order valence-electron chi connectivity index (χ1n) is 18.5. The van der Waals surface area contributed by atoms with Gasteiger partial charge in [0.05, 0.1) is 23.3 Å². The third kappa shape index (κ3) is 12.6. The Morgan fingerprint density at radius 3 is 1.98 bits per heavy atom. The highest BCUT2D eigenvalue weighted by Gasteiger charge is 2.13. The number of hydrogen-bond donors (Lipinski definition) is 4. The molecule has 0 saturated carbocycles. The smallest absolute Gasteiger partial charge is 0.371 e. The van der Waals surface area contributed by atoms with Crippen LogP contribution in [0, 0.1) is 0 Å². The fraction of sp³-hybridized carbons (Fsp3) is 0.106. The second kappa shape index (κ2) is 22.9. The lowest BCUT2D eigenvalue weighted by atomic mass is 10.1. The summed E-state index contributed by atoms with van der Waals surface area (Å²) in [6.07, 6.45) is 5.40. The van der Waals surface area contributed by atoms with Crippen molar-refractivity contribution in [3.8, 4) is 0 Å². The number of aromatic nitrogens is 4. The van der Waals surface area contributed by atoms with E-state index in [0.29, 0.717) is 16.3 Å². The van der Waals surface area contributed by atoms with Gasteiger partial charge in [-0.3, -0.25) is 9.98 Å². The second-order valence-electron chi connectivity index (χ2n) is 13.4. The largest absolute Gasteiger partial charge is 0.477 e. The van der Waals surface area contributed by atoms with Gasteiger partial charge in [-0.25, -0.2) is 24.5 Å². The minimum absolute atomic E-state index is 0. The molecule has 0 unspecified atom stereocenters. The molecule has 0 radical (unpaired) electrons. The highest BCUT2D eigenvalue weighted by Crippen LogP contribution is 2.31. The zero-order valence-corrected chi connectivity index (χ0v) is 38.4. The van der Waals surface area contributed by atoms with Crippen molar-refractivity contribution in [1.29, 1.82) is 0 Å². The Kier molecular flexibility index (Phi) is 17.7. The fourth-order valence-electron chi connectivity index (χ4n) is 6.19. The molecule has 19 heteroatoms. The lowest BCUT2D eigenvalue weighted by Gasteiger charge is -2.08. The Balaban J connectivity index is 0.000000165. The molecule has 5 aromatic heterocycles. The summed E-state index contributed by atoms with van der Waals surface area (Å²) in [6.45, 7) is 1.54. The van der Waals surface area contributed by atoms with E-state index < -0.39 is 11.9 Å². The van der Waals surface area contributed by atoms with Crippen LogP contribution in [0.4, 0.5) is 23.0 Å². The van der Waals surface area contributed by atoms with E-state index in [1.807, 2.05) is 66.3 Å². The van der Waals surface area contributed by atoms with Crippen LogP contribution in [-0.4, -0.2) is 54.5 Å². The first-order valence-corrected chi connectivity index (χ1v) is 22.5. The van der Waals surface area contributed by atoms with E-state index in [9.17, 15) is 9.59 Å². The van der Waals surface area contributed by atoms with Gasteiger partial charge in [0, 0.05) is 49.0 Å². The number of carboxylic acid groups (broad SMARTS) is 2. The highest BCUT2D eigenvalue weighted by molar-refractivity contribution is 9.10. The van der Waals surface area contributed by atoms with Crippen LogP contribution in [0.5, 0.6) is 0 Å². The number of furan rings is 1. The third-order valence-corrected chi connectivity index (χ3v) is 12.4. The maximum absolute atomic E-state index is 10.7. The Morgan fingerprint density at radius 2 is 1.33 bits per heavy atom. The quantitative estimate of drug-likeness (QED) is 0.116. The lowest BCUT2D eigenvalue weighted by Crippen LogP contribution is -1.97. The molecule has 7 heterocycles. The van der Waals surface area contributed by atoms with Crippen LogP contribution in [0.3, 0.4) is 0 Å². The van der Waals surface area contributed by atoms with Gasteiger partial charge < -0.3 is 25.3 Å². The summed E-state index contributed by atoms with van der Waals surface area (Å²) in [5.74, 6) is -0.525. The number of aliphatic imine (C=N–C) groups is 2. The van der Waals surface area contributed by atoms with Crippen molar-refractivity contribution in [1.82, 2.24) is 19.9 Å². The zero-order chi connectivity index (χ0) is 44.0. The summed E-state index contributed by atoms with van der Waals surface area (Å²) in [4.78, 5) is 46.4. The minimum Gasteiger partial charge on any atom is -0.477 e. The van der Waals surface area contributed by atoms with Crippen LogP contribution in [0.25, 0.3) is 31.3 Å². The predicted octanol–water partition coefficient (Wildman–Crippen LogP) is 15.0. The molecule has 2 aliphatic rings. The molecular formula is C47H40Br2Cl2N8O5S2. The first-order chi connectivity index (χ1) is 30.4. The number of thiophene rings is 2. The number of carbonyl (C=O) groups is 2. The number of nitrogens with zero attached hydrogens (tertiary/aromatic N) is 6. The summed E-state index contributed by atoms with van der Waals surface area (Å²) >= 11 is 21.2. The summed E-state index contributed by atoms with van der Waals surface area (Å²) in [5, 5.41) is 28.1. The normalized spacial score (nSPS) is 11.3. The molecule has 0 saturated heterocycles. The van der Waals surface area contributed by atoms with Crippen molar-refractivity contribution in [2.75, 3.05) is 10.6 Å². The predicted molar refractivity (Wildman–Crippen MR) is 279 cm³/mol. The van der Waals surface area contributed by atoms with Gasteiger partial charge in [-0.05, 0) is 135 Å². The molecule has 66 heavy (non-hydrogen) atoms. The zero-order valence-electron chi connectivity index (χ0n) is 32.1. The number of rotatable bonds is 6. The van der Waals surface area contributed by atoms with Gasteiger partial charge in [-0.2, -0.15) is 4.98 Å². The highest BCUT2D eigenvalue weighted by atomic mass is 79.9. The number of halogens is 4. The Morgan fingerprint density at radius 1 is 0.682 bits per heavy atom. The number of nitrogens with one attached hydrogen (secondary N) is 2. The molecule has 0 fully saturated rings. The number of aromatic carboxylic acids is 2. The number of benzene rings is 4. The van der Waals surface area contributed by atoms with Gasteiger partial charge in [-0.1, -0.05) is 72.3 Å². The van der Waals surface area contributed by atoms with E-state index in [1.54, 1.807) is 41.8 Å². The van der Waals surface area contributed by atoms with Crippen molar-refractivity contribution < 1.29 is 24.2 Å². The summed E-state index contributed by atoms with van der Waals surface area (Å²) in [7, 11) is 0. The van der Waals surface area contributed by atoms with Gasteiger partial charge in [0.1, 0.15) is 16.3 Å². The van der Waals surface area contributed by atoms with Gasteiger partial charge in [-0.15, -0.1) is 22.7 Å². The van der Waals surface area contributed by atoms with Crippen molar-refractivity contribution in [2.45, 2.75) is 35.4 Å². The maximum atomic E-state index is 10.7. The van der Waals surface area contributed by atoms with Crippen LogP contribution >= 0.6 is 77.7 Å². The number of anilines is 4. The average molecular weight is 1090 g/mol. The first kappa shape index (κ1) is 50.9. The van der Waals surface area contributed by atoms with Gasteiger partial charge in [0.2, 0.25) is 16.3 Å². The second-order valence-corrected chi connectivity index (χ2v) is 17.9. The summed E-state index contributed by atoms with van der Waals surface area (Å²) in [5.41, 5.74) is 8.17. The molecule has 9 aromatic rings. The molecule has 0 bridgehead atoms. The van der Waals surface area contributed by atoms with Crippen molar-refractivity contribution in [3.05, 3.63) is 161 Å². The van der Waals surface area contributed by atoms with E-state index in [-0.39, 0.29) is 38.6 Å². The minimum atomic E-state index is -1.05. The molecule has 4 N–H and O–H groups in total. The molecule has 2 aliphatic heterocycles. The van der Waals surface area contributed by atoms with E-state index in [4.69, 9.17) is 37.8 Å². The molecule has 11 rings (SSSR count). The summed E-state index contributed by atoms with van der Waals surface area (Å²) < 4.78 is 8.91. The summed E-state index contributed by atoms with van der Waals surface area (Å²) in [6, 6.07) is 30.3. The van der Waals surface area contributed by atoms with Crippen LogP contribution < -0.4 is 10.6 Å². The van der Waals surface area contributed by atoms with Crippen molar-refractivity contribution >= 4 is 156 Å². The van der Waals surface area contributed by atoms with Crippen LogP contribution in [0.2, 0.25) is 10.6 Å². The van der Waals surface area contributed by atoms with Gasteiger partial charge >= 0.3 is 11.9 Å². The molecule has 0 spiro atoms. The molecule has 0 amide bonds. The number of carboxylic acids is 2. The van der Waals surface area contributed by atoms with Crippen molar-refractivity contribution in [2.24, 2.45) is 9.98 Å². The third-order valence-electron chi connectivity index (χ3n) is 9.10. The molecule has 4 aromatic carbocycles. The van der Waals surface area contributed by atoms with Crippen LogP contribution in [0.1, 0.15) is 64.8 Å². The van der Waals surface area contributed by atoms with Crippen molar-refractivity contribution in [3.63, 3.8) is 0 Å². The van der Waals surface area contributed by atoms with Crippen LogP contribution in [0.15, 0.2) is 132 Å². The van der Waals surface area contributed by atoms with E-state index in [1.165, 1.54) is 28.5 Å². The number of hydrogen-bond acceptors (Lipinski definition) is 13. The molecule has 0 atom stereocenters. The Bertz CT molecular complexity index is 3160.